The quantitative estimate of drug-likeness (QED) is 0.600. The lowest BCUT2D eigenvalue weighted by Crippen LogP contribution is -2.23. The van der Waals surface area contributed by atoms with Gasteiger partial charge in [0.1, 0.15) is 0 Å². The zero-order valence-corrected chi connectivity index (χ0v) is 8.44. The molecule has 0 N–H and O–H groups in total. The molecular weight excluding hydrogens is 192 g/mol. The van der Waals surface area contributed by atoms with Crippen molar-refractivity contribution in [3.8, 4) is 0 Å². The molecule has 60 valence electrons. The maximum Gasteiger partial charge on any atom is 0.0705 e. The molecule has 0 aromatic heterocycles. The van der Waals surface area contributed by atoms with E-state index in [0.29, 0.717) is 10.9 Å². The lowest BCUT2D eigenvalue weighted by Gasteiger charge is -2.20. The van der Waals surface area contributed by atoms with Gasteiger partial charge < -0.3 is 4.74 Å². The van der Waals surface area contributed by atoms with Gasteiger partial charge in [0.15, 0.2) is 0 Å². The Labute approximate surface area is 71.3 Å². The molecule has 1 nitrogen and oxygen atoms in total. The van der Waals surface area contributed by atoms with E-state index in [1.54, 1.807) is 0 Å². The van der Waals surface area contributed by atoms with E-state index < -0.39 is 0 Å². The summed E-state index contributed by atoms with van der Waals surface area (Å²) in [5.74, 6) is 0. The van der Waals surface area contributed by atoms with E-state index in [2.05, 4.69) is 36.7 Å². The SMILES string of the molecule is CC(Br)C1CCC(C)(C)O1. The van der Waals surface area contributed by atoms with E-state index in [4.69, 9.17) is 4.74 Å². The first kappa shape index (κ1) is 8.54. The lowest BCUT2D eigenvalue weighted by molar-refractivity contribution is -0.0130. The minimum absolute atomic E-state index is 0.118. The molecule has 1 rings (SSSR count). The van der Waals surface area contributed by atoms with E-state index in [1.807, 2.05) is 0 Å². The van der Waals surface area contributed by atoms with Crippen molar-refractivity contribution < 1.29 is 4.74 Å². The fraction of sp³-hybridized carbons (Fsp3) is 1.00. The molecule has 2 heteroatoms. The molecule has 0 amide bonds. The van der Waals surface area contributed by atoms with Crippen LogP contribution in [-0.2, 0) is 4.74 Å². The summed E-state index contributed by atoms with van der Waals surface area (Å²) in [5.41, 5.74) is 0.118. The van der Waals surface area contributed by atoms with Gasteiger partial charge in [-0.3, -0.25) is 0 Å². The highest BCUT2D eigenvalue weighted by Crippen LogP contribution is 2.32. The topological polar surface area (TPSA) is 9.23 Å². The Kier molecular flexibility index (Phi) is 2.41. The van der Waals surface area contributed by atoms with Crippen LogP contribution in [0.5, 0.6) is 0 Å². The van der Waals surface area contributed by atoms with Crippen LogP contribution in [-0.4, -0.2) is 16.5 Å². The average Bonchev–Trinajstić information content (AvgIpc) is 2.10. The molecule has 0 spiro atoms. The van der Waals surface area contributed by atoms with E-state index in [-0.39, 0.29) is 5.60 Å². The molecule has 1 aliphatic heterocycles. The van der Waals surface area contributed by atoms with Crippen molar-refractivity contribution in [1.29, 1.82) is 0 Å². The molecule has 1 heterocycles. The highest BCUT2D eigenvalue weighted by molar-refractivity contribution is 9.09. The molecule has 0 saturated carbocycles. The second kappa shape index (κ2) is 2.82. The number of hydrogen-bond donors (Lipinski definition) is 0. The minimum atomic E-state index is 0.118. The maximum absolute atomic E-state index is 5.76. The predicted molar refractivity (Wildman–Crippen MR) is 46.6 cm³/mol. The molecule has 10 heavy (non-hydrogen) atoms. The third-order valence-electron chi connectivity index (χ3n) is 2.01. The van der Waals surface area contributed by atoms with Crippen molar-refractivity contribution in [3.63, 3.8) is 0 Å². The summed E-state index contributed by atoms with van der Waals surface area (Å²) in [5, 5.41) is 0. The first-order valence-electron chi connectivity index (χ1n) is 3.83. The van der Waals surface area contributed by atoms with Crippen LogP contribution in [0, 0.1) is 0 Å². The van der Waals surface area contributed by atoms with Crippen molar-refractivity contribution >= 4 is 15.9 Å². The van der Waals surface area contributed by atoms with Crippen LogP contribution in [0.4, 0.5) is 0 Å². The van der Waals surface area contributed by atoms with E-state index in [9.17, 15) is 0 Å². The normalized spacial score (nSPS) is 34.2. The van der Waals surface area contributed by atoms with Gasteiger partial charge in [-0.1, -0.05) is 22.9 Å². The summed E-state index contributed by atoms with van der Waals surface area (Å²) in [6, 6.07) is 0. The summed E-state index contributed by atoms with van der Waals surface area (Å²) in [6.07, 6.45) is 2.81. The molecule has 2 unspecified atom stereocenters. The van der Waals surface area contributed by atoms with E-state index >= 15 is 0 Å². The zero-order chi connectivity index (χ0) is 7.78. The van der Waals surface area contributed by atoms with Crippen molar-refractivity contribution in [2.75, 3.05) is 0 Å². The summed E-state index contributed by atoms with van der Waals surface area (Å²) in [4.78, 5) is 0.495. The second-order valence-corrected chi connectivity index (χ2v) is 5.08. The van der Waals surface area contributed by atoms with Gasteiger partial charge in [0.05, 0.1) is 11.7 Å². The van der Waals surface area contributed by atoms with Gasteiger partial charge in [0, 0.05) is 4.83 Å². The number of ether oxygens (including phenoxy) is 1. The van der Waals surface area contributed by atoms with E-state index in [1.165, 1.54) is 12.8 Å². The first-order valence-corrected chi connectivity index (χ1v) is 4.75. The minimum Gasteiger partial charge on any atom is -0.371 e. The van der Waals surface area contributed by atoms with Crippen molar-refractivity contribution in [2.45, 2.75) is 50.1 Å². The molecule has 1 fully saturated rings. The number of hydrogen-bond acceptors (Lipinski definition) is 1. The van der Waals surface area contributed by atoms with E-state index in [0.717, 1.165) is 0 Å². The Bertz CT molecular complexity index is 120. The molecule has 0 aromatic rings. The first-order chi connectivity index (χ1) is 4.51. The van der Waals surface area contributed by atoms with Crippen LogP contribution in [0.2, 0.25) is 0 Å². The number of halogens is 1. The largest absolute Gasteiger partial charge is 0.371 e. The summed E-state index contributed by atoms with van der Waals surface area (Å²) >= 11 is 3.53. The van der Waals surface area contributed by atoms with Crippen LogP contribution >= 0.6 is 15.9 Å². The lowest BCUT2D eigenvalue weighted by atomic mass is 10.1. The van der Waals surface area contributed by atoms with Crippen molar-refractivity contribution in [2.24, 2.45) is 0 Å². The maximum atomic E-state index is 5.76. The fourth-order valence-corrected chi connectivity index (χ4v) is 1.71. The molecule has 0 aromatic carbocycles. The number of alkyl halides is 1. The Morgan fingerprint density at radius 1 is 1.60 bits per heavy atom. The van der Waals surface area contributed by atoms with Crippen LogP contribution in [0.1, 0.15) is 33.6 Å². The summed E-state index contributed by atoms with van der Waals surface area (Å²) in [6.45, 7) is 6.46. The molecule has 1 aliphatic rings. The second-order valence-electron chi connectivity index (χ2n) is 3.63. The Morgan fingerprint density at radius 3 is 2.40 bits per heavy atom. The highest BCUT2D eigenvalue weighted by Gasteiger charge is 2.33. The highest BCUT2D eigenvalue weighted by atomic mass is 79.9. The molecule has 0 bridgehead atoms. The van der Waals surface area contributed by atoms with Crippen LogP contribution in [0.25, 0.3) is 0 Å². The molecule has 0 radical (unpaired) electrons. The fourth-order valence-electron chi connectivity index (χ4n) is 1.34. The molecular formula is C8H15BrO. The Morgan fingerprint density at radius 2 is 2.20 bits per heavy atom. The Hall–Kier alpha value is 0.440. The molecule has 0 aliphatic carbocycles. The van der Waals surface area contributed by atoms with Gasteiger partial charge >= 0.3 is 0 Å². The van der Waals surface area contributed by atoms with Crippen LogP contribution in [0.3, 0.4) is 0 Å². The standard InChI is InChI=1S/C8H15BrO/c1-6(9)7-4-5-8(2,3)10-7/h6-7H,4-5H2,1-3H3. The average molecular weight is 207 g/mol. The number of rotatable bonds is 1. The van der Waals surface area contributed by atoms with Gasteiger partial charge in [-0.05, 0) is 26.7 Å². The van der Waals surface area contributed by atoms with Gasteiger partial charge in [-0.2, -0.15) is 0 Å². The third kappa shape index (κ3) is 1.96. The molecule has 2 atom stereocenters. The van der Waals surface area contributed by atoms with Crippen LogP contribution < -0.4 is 0 Å². The zero-order valence-electron chi connectivity index (χ0n) is 6.86. The Balaban J connectivity index is 2.43. The summed E-state index contributed by atoms with van der Waals surface area (Å²) in [7, 11) is 0. The van der Waals surface area contributed by atoms with Crippen LogP contribution in [0.15, 0.2) is 0 Å². The van der Waals surface area contributed by atoms with Crippen molar-refractivity contribution in [1.82, 2.24) is 0 Å². The summed E-state index contributed by atoms with van der Waals surface area (Å²) < 4.78 is 5.76. The monoisotopic (exact) mass is 206 g/mol. The smallest absolute Gasteiger partial charge is 0.0705 e. The van der Waals surface area contributed by atoms with Crippen molar-refractivity contribution in [3.05, 3.63) is 0 Å². The van der Waals surface area contributed by atoms with Gasteiger partial charge in [0.2, 0.25) is 0 Å². The molecule has 1 saturated heterocycles. The van der Waals surface area contributed by atoms with Gasteiger partial charge in [0.25, 0.3) is 0 Å². The van der Waals surface area contributed by atoms with Gasteiger partial charge in [-0.15, -0.1) is 0 Å². The van der Waals surface area contributed by atoms with Gasteiger partial charge in [-0.25, -0.2) is 0 Å². The predicted octanol–water partition coefficient (Wildman–Crippen LogP) is 2.73. The third-order valence-corrected chi connectivity index (χ3v) is 2.60.